The van der Waals surface area contributed by atoms with Crippen LogP contribution in [0.5, 0.6) is 11.5 Å². The van der Waals surface area contributed by atoms with Gasteiger partial charge in [-0.3, -0.25) is 9.69 Å². The van der Waals surface area contributed by atoms with E-state index in [4.69, 9.17) is 18.9 Å². The first kappa shape index (κ1) is 27.2. The minimum atomic E-state index is -0.366. The van der Waals surface area contributed by atoms with Gasteiger partial charge in [0.1, 0.15) is 11.5 Å². The molecule has 8 heteroatoms. The molecule has 8 nitrogen and oxygen atoms in total. The number of benzene rings is 3. The molecular formula is C30H34N2O6. The first-order valence-electron chi connectivity index (χ1n) is 12.6. The maximum atomic E-state index is 13.1. The van der Waals surface area contributed by atoms with E-state index in [0.717, 1.165) is 30.0 Å². The second-order valence-corrected chi connectivity index (χ2v) is 9.06. The van der Waals surface area contributed by atoms with Crippen molar-refractivity contribution in [1.82, 2.24) is 9.80 Å². The molecule has 1 saturated heterocycles. The predicted molar refractivity (Wildman–Crippen MR) is 144 cm³/mol. The smallest absolute Gasteiger partial charge is 0.337 e. The lowest BCUT2D eigenvalue weighted by Gasteiger charge is -2.36. The molecular weight excluding hydrogens is 484 g/mol. The van der Waals surface area contributed by atoms with Crippen molar-refractivity contribution < 1.29 is 28.5 Å². The van der Waals surface area contributed by atoms with Gasteiger partial charge in [-0.2, -0.15) is 0 Å². The normalized spacial score (nSPS) is 14.6. The Morgan fingerprint density at radius 2 is 1.58 bits per heavy atom. The fraction of sp³-hybridized carbons (Fsp3) is 0.333. The summed E-state index contributed by atoms with van der Waals surface area (Å²) in [7, 11) is 4.60. The van der Waals surface area contributed by atoms with Crippen molar-refractivity contribution in [3.8, 4) is 11.5 Å². The number of ether oxygens (including phenoxy) is 4. The predicted octanol–water partition coefficient (Wildman–Crippen LogP) is 4.21. The van der Waals surface area contributed by atoms with Crippen molar-refractivity contribution in [3.05, 3.63) is 95.1 Å². The average Bonchev–Trinajstić information content (AvgIpc) is 2.99. The lowest BCUT2D eigenvalue weighted by molar-refractivity contribution is 0.00329. The molecule has 0 saturated carbocycles. The first-order valence-corrected chi connectivity index (χ1v) is 12.6. The Bertz CT molecular complexity index is 1220. The fourth-order valence-corrected chi connectivity index (χ4v) is 4.51. The summed E-state index contributed by atoms with van der Waals surface area (Å²) in [6.45, 7) is 3.77. The van der Waals surface area contributed by atoms with Gasteiger partial charge in [0.25, 0.3) is 5.91 Å². The Kier molecular flexibility index (Phi) is 9.35. The number of esters is 1. The summed E-state index contributed by atoms with van der Waals surface area (Å²) in [4.78, 5) is 29.0. The summed E-state index contributed by atoms with van der Waals surface area (Å²) in [5.74, 6) is 0.977. The summed E-state index contributed by atoms with van der Waals surface area (Å²) in [6.07, 6.45) is -0.207. The maximum Gasteiger partial charge on any atom is 0.337 e. The van der Waals surface area contributed by atoms with Crippen LogP contribution in [0.4, 0.5) is 0 Å². The van der Waals surface area contributed by atoms with E-state index in [1.54, 1.807) is 32.4 Å². The van der Waals surface area contributed by atoms with Gasteiger partial charge >= 0.3 is 5.97 Å². The van der Waals surface area contributed by atoms with Gasteiger partial charge < -0.3 is 23.8 Å². The van der Waals surface area contributed by atoms with E-state index in [9.17, 15) is 9.59 Å². The molecule has 1 atom stereocenters. The number of piperazine rings is 1. The summed E-state index contributed by atoms with van der Waals surface area (Å²) < 4.78 is 22.0. The molecule has 200 valence electrons. The Morgan fingerprint density at radius 3 is 2.26 bits per heavy atom. The number of hydrogen-bond acceptors (Lipinski definition) is 7. The van der Waals surface area contributed by atoms with Crippen LogP contribution in [0, 0.1) is 0 Å². The lowest BCUT2D eigenvalue weighted by Crippen LogP contribution is -2.49. The number of carbonyl (C=O) groups is 2. The highest BCUT2D eigenvalue weighted by Gasteiger charge is 2.26. The van der Waals surface area contributed by atoms with Crippen LogP contribution in [0.15, 0.2) is 72.8 Å². The van der Waals surface area contributed by atoms with Crippen molar-refractivity contribution in [3.63, 3.8) is 0 Å². The van der Waals surface area contributed by atoms with Crippen LogP contribution in [0.3, 0.4) is 0 Å². The molecule has 0 unspecified atom stereocenters. The molecule has 1 aliphatic heterocycles. The molecule has 38 heavy (non-hydrogen) atoms. The highest BCUT2D eigenvalue weighted by Crippen LogP contribution is 2.26. The molecule has 0 spiro atoms. The first-order chi connectivity index (χ1) is 18.5. The third-order valence-corrected chi connectivity index (χ3v) is 6.71. The fourth-order valence-electron chi connectivity index (χ4n) is 4.51. The SMILES string of the molecule is COC(=O)c1ccc(CO[C@@H](CN2CCN(C(=O)c3ccccc3OC)CC2)c2cccc(OC)c2)cc1. The van der Waals surface area contributed by atoms with E-state index < -0.39 is 0 Å². The van der Waals surface area contributed by atoms with Gasteiger partial charge in [0.2, 0.25) is 0 Å². The summed E-state index contributed by atoms with van der Waals surface area (Å²) in [5, 5.41) is 0. The standard InChI is InChI=1S/C30H34N2O6/c1-35-25-8-6-7-24(19-25)28(38-21-22-11-13-23(14-12-22)30(34)37-3)20-31-15-17-32(18-16-31)29(33)26-9-4-5-10-27(26)36-2/h4-14,19,28H,15-18,20-21H2,1-3H3/t28-/m0/s1. The van der Waals surface area contributed by atoms with Crippen molar-refractivity contribution >= 4 is 11.9 Å². The third kappa shape index (κ3) is 6.70. The van der Waals surface area contributed by atoms with Crippen LogP contribution in [0.1, 0.15) is 37.9 Å². The summed E-state index contributed by atoms with van der Waals surface area (Å²) >= 11 is 0. The van der Waals surface area contributed by atoms with Crippen LogP contribution in [0.25, 0.3) is 0 Å². The van der Waals surface area contributed by atoms with E-state index in [0.29, 0.717) is 43.1 Å². The Morgan fingerprint density at radius 1 is 0.842 bits per heavy atom. The number of carbonyl (C=O) groups excluding carboxylic acids is 2. The Labute approximate surface area is 223 Å². The van der Waals surface area contributed by atoms with Gasteiger partial charge in [-0.1, -0.05) is 36.4 Å². The van der Waals surface area contributed by atoms with E-state index in [1.807, 2.05) is 59.5 Å². The zero-order valence-corrected chi connectivity index (χ0v) is 22.1. The van der Waals surface area contributed by atoms with Crippen molar-refractivity contribution in [1.29, 1.82) is 0 Å². The third-order valence-electron chi connectivity index (χ3n) is 6.71. The minimum Gasteiger partial charge on any atom is -0.497 e. The number of para-hydroxylation sites is 1. The van der Waals surface area contributed by atoms with Crippen molar-refractivity contribution in [2.45, 2.75) is 12.7 Å². The monoisotopic (exact) mass is 518 g/mol. The number of nitrogens with zero attached hydrogens (tertiary/aromatic N) is 2. The zero-order chi connectivity index (χ0) is 26.9. The topological polar surface area (TPSA) is 77.5 Å². The molecule has 4 rings (SSSR count). The summed E-state index contributed by atoms with van der Waals surface area (Å²) in [5.41, 5.74) is 3.06. The second-order valence-electron chi connectivity index (χ2n) is 9.06. The van der Waals surface area contributed by atoms with Gasteiger partial charge in [-0.15, -0.1) is 0 Å². The molecule has 1 amide bonds. The van der Waals surface area contributed by atoms with E-state index >= 15 is 0 Å². The zero-order valence-electron chi connectivity index (χ0n) is 22.1. The molecule has 1 aliphatic rings. The number of methoxy groups -OCH3 is 3. The molecule has 0 aromatic heterocycles. The van der Waals surface area contributed by atoms with E-state index in [-0.39, 0.29) is 18.0 Å². The van der Waals surface area contributed by atoms with Crippen molar-refractivity contribution in [2.75, 3.05) is 54.1 Å². The minimum absolute atomic E-state index is 0.0157. The van der Waals surface area contributed by atoms with Gasteiger partial charge in [-0.05, 0) is 47.5 Å². The summed E-state index contributed by atoms with van der Waals surface area (Å²) in [6, 6.07) is 22.4. The largest absolute Gasteiger partial charge is 0.497 e. The molecule has 0 N–H and O–H groups in total. The van der Waals surface area contributed by atoms with Crippen molar-refractivity contribution in [2.24, 2.45) is 0 Å². The highest BCUT2D eigenvalue weighted by molar-refractivity contribution is 5.97. The number of rotatable bonds is 10. The molecule has 1 fully saturated rings. The quantitative estimate of drug-likeness (QED) is 0.372. The van der Waals surface area contributed by atoms with E-state index in [2.05, 4.69) is 4.90 Å². The second kappa shape index (κ2) is 13.1. The van der Waals surface area contributed by atoms with Crippen LogP contribution in [0.2, 0.25) is 0 Å². The van der Waals surface area contributed by atoms with Crippen LogP contribution >= 0.6 is 0 Å². The van der Waals surface area contributed by atoms with Gasteiger partial charge in [0.15, 0.2) is 0 Å². The number of amides is 1. The van der Waals surface area contributed by atoms with Gasteiger partial charge in [0, 0.05) is 32.7 Å². The molecule has 0 bridgehead atoms. The van der Waals surface area contributed by atoms with Crippen LogP contribution < -0.4 is 9.47 Å². The van der Waals surface area contributed by atoms with Crippen LogP contribution in [-0.2, 0) is 16.1 Å². The average molecular weight is 519 g/mol. The maximum absolute atomic E-state index is 13.1. The molecule has 1 heterocycles. The Balaban J connectivity index is 1.41. The number of hydrogen-bond donors (Lipinski definition) is 0. The van der Waals surface area contributed by atoms with Gasteiger partial charge in [-0.25, -0.2) is 4.79 Å². The molecule has 0 radical (unpaired) electrons. The van der Waals surface area contributed by atoms with Gasteiger partial charge in [0.05, 0.1) is 45.2 Å². The molecule has 3 aromatic carbocycles. The van der Waals surface area contributed by atoms with E-state index in [1.165, 1.54) is 7.11 Å². The Hall–Kier alpha value is -3.88. The lowest BCUT2D eigenvalue weighted by atomic mass is 10.1. The highest BCUT2D eigenvalue weighted by atomic mass is 16.5. The van der Waals surface area contributed by atoms with Crippen LogP contribution in [-0.4, -0.2) is 75.7 Å². The molecule has 0 aliphatic carbocycles. The molecule has 3 aromatic rings.